The highest BCUT2D eigenvalue weighted by atomic mass is 16.5. The molecule has 0 aromatic heterocycles. The van der Waals surface area contributed by atoms with E-state index in [0.717, 1.165) is 31.4 Å². The molecule has 0 bridgehead atoms. The van der Waals surface area contributed by atoms with Crippen LogP contribution < -0.4 is 4.74 Å². The molecule has 3 atom stereocenters. The van der Waals surface area contributed by atoms with E-state index in [2.05, 4.69) is 0 Å². The SMILES string of the molecule is COc1ccc(C(=O)C(C)N(C)C2CCCCC2O)cc1. The fraction of sp³-hybridized carbons (Fsp3) is 0.588. The second-order valence-corrected chi connectivity index (χ2v) is 5.85. The first-order valence-electron chi connectivity index (χ1n) is 7.63. The van der Waals surface area contributed by atoms with E-state index in [0.29, 0.717) is 5.56 Å². The summed E-state index contributed by atoms with van der Waals surface area (Å²) in [6.07, 6.45) is 3.66. The van der Waals surface area contributed by atoms with Crippen LogP contribution in [0.2, 0.25) is 0 Å². The van der Waals surface area contributed by atoms with Crippen LogP contribution in [-0.2, 0) is 0 Å². The van der Waals surface area contributed by atoms with Crippen molar-refractivity contribution in [2.75, 3.05) is 14.2 Å². The molecule has 0 aliphatic heterocycles. The highest BCUT2D eigenvalue weighted by Crippen LogP contribution is 2.25. The molecule has 0 heterocycles. The molecule has 4 heteroatoms. The second-order valence-electron chi connectivity index (χ2n) is 5.85. The summed E-state index contributed by atoms with van der Waals surface area (Å²) in [6.45, 7) is 1.91. The van der Waals surface area contributed by atoms with Crippen LogP contribution in [0, 0.1) is 0 Å². The molecule has 1 aliphatic rings. The number of ether oxygens (including phenoxy) is 1. The zero-order valence-electron chi connectivity index (χ0n) is 13.1. The molecular formula is C17H25NO3. The van der Waals surface area contributed by atoms with E-state index in [9.17, 15) is 9.90 Å². The monoisotopic (exact) mass is 291 g/mol. The van der Waals surface area contributed by atoms with Crippen molar-refractivity contribution in [3.8, 4) is 5.75 Å². The number of hydrogen-bond donors (Lipinski definition) is 1. The van der Waals surface area contributed by atoms with Crippen molar-refractivity contribution in [3.63, 3.8) is 0 Å². The summed E-state index contributed by atoms with van der Waals surface area (Å²) in [6, 6.07) is 7.03. The van der Waals surface area contributed by atoms with E-state index in [4.69, 9.17) is 4.74 Å². The van der Waals surface area contributed by atoms with Crippen LogP contribution in [-0.4, -0.2) is 48.1 Å². The highest BCUT2D eigenvalue weighted by molar-refractivity contribution is 5.99. The molecule has 1 saturated carbocycles. The van der Waals surface area contributed by atoms with Crippen molar-refractivity contribution in [2.24, 2.45) is 0 Å². The number of ketones is 1. The van der Waals surface area contributed by atoms with E-state index in [1.165, 1.54) is 0 Å². The average Bonchev–Trinajstić information content (AvgIpc) is 2.53. The molecule has 1 aromatic rings. The number of likely N-dealkylation sites (N-methyl/N-ethyl adjacent to an activating group) is 1. The molecule has 0 spiro atoms. The molecule has 0 saturated heterocycles. The number of hydrogen-bond acceptors (Lipinski definition) is 4. The Balaban J connectivity index is 2.06. The van der Waals surface area contributed by atoms with Gasteiger partial charge in [0.15, 0.2) is 5.78 Å². The normalized spacial score (nSPS) is 23.9. The topological polar surface area (TPSA) is 49.8 Å². The molecule has 0 amide bonds. The molecule has 1 aromatic carbocycles. The van der Waals surface area contributed by atoms with Gasteiger partial charge in [-0.1, -0.05) is 12.8 Å². The second kappa shape index (κ2) is 7.05. The number of aliphatic hydroxyl groups is 1. The van der Waals surface area contributed by atoms with Gasteiger partial charge in [0.05, 0.1) is 19.3 Å². The van der Waals surface area contributed by atoms with Gasteiger partial charge in [-0.25, -0.2) is 0 Å². The summed E-state index contributed by atoms with van der Waals surface area (Å²) >= 11 is 0. The predicted octanol–water partition coefficient (Wildman–Crippen LogP) is 2.50. The highest BCUT2D eigenvalue weighted by Gasteiger charge is 2.31. The Labute approximate surface area is 126 Å². The van der Waals surface area contributed by atoms with Crippen molar-refractivity contribution in [1.82, 2.24) is 4.90 Å². The van der Waals surface area contributed by atoms with E-state index < -0.39 is 0 Å². The van der Waals surface area contributed by atoms with Crippen LogP contribution in [0.15, 0.2) is 24.3 Å². The molecule has 1 fully saturated rings. The Morgan fingerprint density at radius 1 is 1.29 bits per heavy atom. The quantitative estimate of drug-likeness (QED) is 0.847. The average molecular weight is 291 g/mol. The first-order valence-corrected chi connectivity index (χ1v) is 7.63. The standard InChI is InChI=1S/C17H25NO3/c1-12(18(2)15-6-4-5-7-16(15)19)17(20)13-8-10-14(21-3)11-9-13/h8-12,15-16,19H,4-7H2,1-3H3. The smallest absolute Gasteiger partial charge is 0.179 e. The van der Waals surface area contributed by atoms with E-state index in [-0.39, 0.29) is 24.0 Å². The fourth-order valence-electron chi connectivity index (χ4n) is 3.04. The van der Waals surface area contributed by atoms with Crippen molar-refractivity contribution < 1.29 is 14.6 Å². The summed E-state index contributed by atoms with van der Waals surface area (Å²) in [5.74, 6) is 0.827. The van der Waals surface area contributed by atoms with Gasteiger partial charge in [-0.2, -0.15) is 0 Å². The lowest BCUT2D eigenvalue weighted by Crippen LogP contribution is -2.49. The van der Waals surface area contributed by atoms with Crippen LogP contribution in [0.5, 0.6) is 5.75 Å². The lowest BCUT2D eigenvalue weighted by atomic mass is 9.90. The number of Topliss-reactive ketones (excluding diaryl/α,β-unsaturated/α-hetero) is 1. The van der Waals surface area contributed by atoms with Crippen LogP contribution in [0.4, 0.5) is 0 Å². The maximum atomic E-state index is 12.6. The molecule has 1 aliphatic carbocycles. The predicted molar refractivity (Wildman–Crippen MR) is 82.8 cm³/mol. The van der Waals surface area contributed by atoms with Gasteiger partial charge in [-0.3, -0.25) is 9.69 Å². The van der Waals surface area contributed by atoms with Gasteiger partial charge >= 0.3 is 0 Å². The zero-order valence-corrected chi connectivity index (χ0v) is 13.1. The minimum atomic E-state index is -0.324. The molecule has 4 nitrogen and oxygen atoms in total. The Hall–Kier alpha value is -1.39. The van der Waals surface area contributed by atoms with Gasteiger partial charge in [0.2, 0.25) is 0 Å². The number of methoxy groups -OCH3 is 1. The largest absolute Gasteiger partial charge is 0.497 e. The van der Waals surface area contributed by atoms with Crippen molar-refractivity contribution in [3.05, 3.63) is 29.8 Å². The number of benzene rings is 1. The van der Waals surface area contributed by atoms with E-state index in [1.807, 2.05) is 18.9 Å². The number of nitrogens with zero attached hydrogens (tertiary/aromatic N) is 1. The number of rotatable bonds is 5. The van der Waals surface area contributed by atoms with E-state index >= 15 is 0 Å². The molecule has 0 radical (unpaired) electrons. The summed E-state index contributed by atoms with van der Waals surface area (Å²) in [4.78, 5) is 14.6. The Kier molecular flexibility index (Phi) is 5.37. The van der Waals surface area contributed by atoms with Gasteiger partial charge < -0.3 is 9.84 Å². The third-order valence-electron chi connectivity index (χ3n) is 4.58. The van der Waals surface area contributed by atoms with Crippen LogP contribution in [0.1, 0.15) is 43.0 Å². The Morgan fingerprint density at radius 2 is 1.90 bits per heavy atom. The summed E-state index contributed by atoms with van der Waals surface area (Å²) in [5.41, 5.74) is 0.681. The van der Waals surface area contributed by atoms with Gasteiger partial charge in [0, 0.05) is 11.6 Å². The first-order chi connectivity index (χ1) is 10.0. The molecule has 21 heavy (non-hydrogen) atoms. The van der Waals surface area contributed by atoms with Crippen molar-refractivity contribution in [2.45, 2.75) is 50.8 Å². The third kappa shape index (κ3) is 3.63. The van der Waals surface area contributed by atoms with Crippen LogP contribution in [0.3, 0.4) is 0 Å². The minimum Gasteiger partial charge on any atom is -0.497 e. The number of carbonyl (C=O) groups is 1. The van der Waals surface area contributed by atoms with Crippen molar-refractivity contribution >= 4 is 5.78 Å². The molecule has 1 N–H and O–H groups in total. The number of aliphatic hydroxyl groups excluding tert-OH is 1. The third-order valence-corrected chi connectivity index (χ3v) is 4.58. The Morgan fingerprint density at radius 3 is 2.48 bits per heavy atom. The maximum absolute atomic E-state index is 12.6. The molecular weight excluding hydrogens is 266 g/mol. The Bertz CT molecular complexity index is 471. The summed E-state index contributed by atoms with van der Waals surface area (Å²) < 4.78 is 5.11. The molecule has 116 valence electrons. The van der Waals surface area contributed by atoms with Gasteiger partial charge in [-0.15, -0.1) is 0 Å². The maximum Gasteiger partial charge on any atom is 0.179 e. The minimum absolute atomic E-state index is 0.0796. The number of carbonyl (C=O) groups excluding carboxylic acids is 1. The van der Waals surface area contributed by atoms with Crippen LogP contribution in [0.25, 0.3) is 0 Å². The fourth-order valence-corrected chi connectivity index (χ4v) is 3.04. The van der Waals surface area contributed by atoms with Gasteiger partial charge in [0.1, 0.15) is 5.75 Å². The summed E-state index contributed by atoms with van der Waals surface area (Å²) in [7, 11) is 3.54. The summed E-state index contributed by atoms with van der Waals surface area (Å²) in [5, 5.41) is 10.1. The molecule has 3 unspecified atom stereocenters. The lowest BCUT2D eigenvalue weighted by molar-refractivity contribution is 0.0171. The van der Waals surface area contributed by atoms with Crippen LogP contribution >= 0.6 is 0 Å². The lowest BCUT2D eigenvalue weighted by Gasteiger charge is -2.38. The van der Waals surface area contributed by atoms with E-state index in [1.54, 1.807) is 31.4 Å². The van der Waals surface area contributed by atoms with Crippen molar-refractivity contribution in [1.29, 1.82) is 0 Å². The zero-order chi connectivity index (χ0) is 15.4. The van der Waals surface area contributed by atoms with Gasteiger partial charge in [-0.05, 0) is 51.1 Å². The first kappa shape index (κ1) is 16.0. The molecule has 2 rings (SSSR count). The van der Waals surface area contributed by atoms with Gasteiger partial charge in [0.25, 0.3) is 0 Å².